The number of hydrogen-bond acceptors (Lipinski definition) is 4. The second-order valence-corrected chi connectivity index (χ2v) is 6.26. The summed E-state index contributed by atoms with van der Waals surface area (Å²) in [6.45, 7) is 2.35. The van der Waals surface area contributed by atoms with Crippen LogP contribution in [0.3, 0.4) is 0 Å². The van der Waals surface area contributed by atoms with Gasteiger partial charge in [-0.05, 0) is 48.4 Å². The molecule has 4 nitrogen and oxygen atoms in total. The van der Waals surface area contributed by atoms with Crippen LogP contribution < -0.4 is 11.1 Å². The van der Waals surface area contributed by atoms with Crippen LogP contribution in [0.25, 0.3) is 10.1 Å². The minimum atomic E-state index is 0.0104. The Kier molecular flexibility index (Phi) is 3.89. The van der Waals surface area contributed by atoms with E-state index in [9.17, 15) is 4.79 Å². The first-order valence-corrected chi connectivity index (χ1v) is 7.69. The lowest BCUT2D eigenvalue weighted by atomic mass is 10.0. The summed E-state index contributed by atoms with van der Waals surface area (Å²) in [5.41, 5.74) is 6.48. The topological polar surface area (TPSA) is 64.4 Å². The fourth-order valence-electron chi connectivity index (χ4n) is 2.45. The van der Waals surface area contributed by atoms with Crippen LogP contribution in [-0.4, -0.2) is 25.7 Å². The number of nitrogens with two attached hydrogens (primary N) is 1. The van der Waals surface area contributed by atoms with Crippen LogP contribution in [0.15, 0.2) is 24.3 Å². The Morgan fingerprint density at radius 1 is 1.35 bits per heavy atom. The van der Waals surface area contributed by atoms with Gasteiger partial charge in [0.1, 0.15) is 0 Å². The third-order valence-corrected chi connectivity index (χ3v) is 4.77. The van der Waals surface area contributed by atoms with Crippen molar-refractivity contribution in [3.05, 3.63) is 29.1 Å². The number of carbonyl (C=O) groups excluding carboxylic acids is 1. The van der Waals surface area contributed by atoms with E-state index in [1.807, 2.05) is 24.3 Å². The number of ether oxygens (including phenoxy) is 1. The summed E-state index contributed by atoms with van der Waals surface area (Å²) >= 11 is 1.51. The molecule has 1 aliphatic rings. The SMILES string of the molecule is Nc1ccc2sc(C(=O)NCC3CCOCC3)cc2c1. The van der Waals surface area contributed by atoms with Crippen molar-refractivity contribution < 1.29 is 9.53 Å². The van der Waals surface area contributed by atoms with Gasteiger partial charge in [0.05, 0.1) is 4.88 Å². The van der Waals surface area contributed by atoms with E-state index in [1.165, 1.54) is 11.3 Å². The maximum absolute atomic E-state index is 12.2. The zero-order chi connectivity index (χ0) is 13.9. The molecule has 20 heavy (non-hydrogen) atoms. The molecule has 1 aromatic carbocycles. The van der Waals surface area contributed by atoms with Gasteiger partial charge < -0.3 is 15.8 Å². The Morgan fingerprint density at radius 2 is 2.15 bits per heavy atom. The molecule has 1 aliphatic heterocycles. The van der Waals surface area contributed by atoms with Crippen molar-refractivity contribution in [3.8, 4) is 0 Å². The van der Waals surface area contributed by atoms with Gasteiger partial charge >= 0.3 is 0 Å². The summed E-state index contributed by atoms with van der Waals surface area (Å²) in [5, 5.41) is 4.06. The summed E-state index contributed by atoms with van der Waals surface area (Å²) in [4.78, 5) is 12.9. The highest BCUT2D eigenvalue weighted by molar-refractivity contribution is 7.20. The first kappa shape index (κ1) is 13.4. The molecular weight excluding hydrogens is 272 g/mol. The Hall–Kier alpha value is -1.59. The van der Waals surface area contributed by atoms with Crippen molar-refractivity contribution in [1.29, 1.82) is 0 Å². The number of anilines is 1. The fraction of sp³-hybridized carbons (Fsp3) is 0.400. The monoisotopic (exact) mass is 290 g/mol. The number of benzene rings is 1. The van der Waals surface area contributed by atoms with Crippen molar-refractivity contribution >= 4 is 33.0 Å². The Balaban J connectivity index is 1.65. The molecule has 0 saturated carbocycles. The predicted molar refractivity (Wildman–Crippen MR) is 82.1 cm³/mol. The minimum Gasteiger partial charge on any atom is -0.399 e. The lowest BCUT2D eigenvalue weighted by molar-refractivity contribution is 0.0643. The van der Waals surface area contributed by atoms with Crippen molar-refractivity contribution in [1.82, 2.24) is 5.32 Å². The number of nitrogens with one attached hydrogen (secondary N) is 1. The normalized spacial score (nSPS) is 16.4. The molecule has 0 atom stereocenters. The number of hydrogen-bond donors (Lipinski definition) is 2. The Labute approximate surface area is 121 Å². The largest absolute Gasteiger partial charge is 0.399 e. The molecule has 1 amide bonds. The molecule has 2 heterocycles. The second-order valence-electron chi connectivity index (χ2n) is 5.17. The third-order valence-electron chi connectivity index (χ3n) is 3.66. The van der Waals surface area contributed by atoms with Gasteiger partial charge in [0.25, 0.3) is 5.91 Å². The summed E-state index contributed by atoms with van der Waals surface area (Å²) in [5.74, 6) is 0.550. The number of thiophene rings is 1. The molecule has 0 unspecified atom stereocenters. The number of nitrogen functional groups attached to an aromatic ring is 1. The number of carbonyl (C=O) groups is 1. The molecule has 2 aromatic rings. The Morgan fingerprint density at radius 3 is 2.95 bits per heavy atom. The van der Waals surface area contributed by atoms with Crippen LogP contribution in [0.1, 0.15) is 22.5 Å². The molecule has 5 heteroatoms. The number of rotatable bonds is 3. The van der Waals surface area contributed by atoms with Gasteiger partial charge in [-0.25, -0.2) is 0 Å². The van der Waals surface area contributed by atoms with Crippen molar-refractivity contribution in [2.75, 3.05) is 25.5 Å². The molecule has 106 valence electrons. The van der Waals surface area contributed by atoms with Gasteiger partial charge in [0, 0.05) is 30.1 Å². The van der Waals surface area contributed by atoms with Gasteiger partial charge in [0.15, 0.2) is 0 Å². The van der Waals surface area contributed by atoms with Crippen LogP contribution in [0.5, 0.6) is 0 Å². The van der Waals surface area contributed by atoms with E-state index >= 15 is 0 Å². The van der Waals surface area contributed by atoms with Crippen LogP contribution >= 0.6 is 11.3 Å². The van der Waals surface area contributed by atoms with E-state index in [-0.39, 0.29) is 5.91 Å². The van der Waals surface area contributed by atoms with Crippen LogP contribution in [-0.2, 0) is 4.74 Å². The molecule has 1 saturated heterocycles. The summed E-state index contributed by atoms with van der Waals surface area (Å²) in [6, 6.07) is 7.64. The molecule has 0 radical (unpaired) electrons. The van der Waals surface area contributed by atoms with Gasteiger partial charge in [-0.1, -0.05) is 0 Å². The lowest BCUT2D eigenvalue weighted by Crippen LogP contribution is -2.31. The smallest absolute Gasteiger partial charge is 0.261 e. The van der Waals surface area contributed by atoms with Gasteiger partial charge in [-0.2, -0.15) is 0 Å². The van der Waals surface area contributed by atoms with E-state index in [1.54, 1.807) is 0 Å². The lowest BCUT2D eigenvalue weighted by Gasteiger charge is -2.21. The fourth-order valence-corrected chi connectivity index (χ4v) is 3.41. The van der Waals surface area contributed by atoms with Crippen molar-refractivity contribution in [3.63, 3.8) is 0 Å². The van der Waals surface area contributed by atoms with Crippen LogP contribution in [0.4, 0.5) is 5.69 Å². The molecule has 0 spiro atoms. The molecule has 1 aromatic heterocycles. The Bertz CT molecular complexity index is 617. The van der Waals surface area contributed by atoms with Gasteiger partial charge in [0.2, 0.25) is 0 Å². The molecule has 3 N–H and O–H groups in total. The zero-order valence-electron chi connectivity index (χ0n) is 11.2. The maximum Gasteiger partial charge on any atom is 0.261 e. The molecule has 0 aliphatic carbocycles. The minimum absolute atomic E-state index is 0.0104. The highest BCUT2D eigenvalue weighted by Gasteiger charge is 2.16. The highest BCUT2D eigenvalue weighted by atomic mass is 32.1. The summed E-state index contributed by atoms with van der Waals surface area (Å²) in [6.07, 6.45) is 2.06. The zero-order valence-corrected chi connectivity index (χ0v) is 12.0. The standard InChI is InChI=1S/C15H18N2O2S/c16-12-1-2-13-11(7-12)8-14(20-13)15(18)17-9-10-3-5-19-6-4-10/h1-2,7-8,10H,3-6,9,16H2,(H,17,18). The number of amides is 1. The van der Waals surface area contributed by atoms with Gasteiger partial charge in [-0.15, -0.1) is 11.3 Å². The second kappa shape index (κ2) is 5.81. The first-order valence-electron chi connectivity index (χ1n) is 6.87. The molecule has 3 rings (SSSR count). The molecule has 0 bridgehead atoms. The summed E-state index contributed by atoms with van der Waals surface area (Å²) in [7, 11) is 0. The molecular formula is C15H18N2O2S. The average molecular weight is 290 g/mol. The van der Waals surface area contributed by atoms with Crippen molar-refractivity contribution in [2.24, 2.45) is 5.92 Å². The third kappa shape index (κ3) is 2.94. The van der Waals surface area contributed by atoms with E-state index in [0.717, 1.165) is 53.3 Å². The maximum atomic E-state index is 12.2. The van der Waals surface area contributed by atoms with E-state index in [0.29, 0.717) is 5.92 Å². The van der Waals surface area contributed by atoms with E-state index in [4.69, 9.17) is 10.5 Å². The predicted octanol–water partition coefficient (Wildman–Crippen LogP) is 2.64. The number of fused-ring (bicyclic) bond motifs is 1. The van der Waals surface area contributed by atoms with Crippen LogP contribution in [0, 0.1) is 5.92 Å². The van der Waals surface area contributed by atoms with E-state index < -0.39 is 0 Å². The first-order chi connectivity index (χ1) is 9.72. The van der Waals surface area contributed by atoms with Crippen molar-refractivity contribution in [2.45, 2.75) is 12.8 Å². The van der Waals surface area contributed by atoms with E-state index in [2.05, 4.69) is 5.32 Å². The van der Waals surface area contributed by atoms with Gasteiger partial charge in [-0.3, -0.25) is 4.79 Å². The molecule has 1 fully saturated rings. The van der Waals surface area contributed by atoms with Crippen LogP contribution in [0.2, 0.25) is 0 Å². The average Bonchev–Trinajstić information content (AvgIpc) is 2.89. The highest BCUT2D eigenvalue weighted by Crippen LogP contribution is 2.27. The summed E-state index contributed by atoms with van der Waals surface area (Å²) < 4.78 is 6.41. The quantitative estimate of drug-likeness (QED) is 0.854.